The third kappa shape index (κ3) is 1.78. The van der Waals surface area contributed by atoms with Gasteiger partial charge in [0.25, 0.3) is 0 Å². The van der Waals surface area contributed by atoms with Crippen molar-refractivity contribution < 1.29 is 13.5 Å². The molecule has 1 fully saturated rings. The van der Waals surface area contributed by atoms with Crippen LogP contribution in [0.4, 0.5) is 8.78 Å². The lowest BCUT2D eigenvalue weighted by atomic mass is 9.89. The Bertz CT molecular complexity index is 400. The largest absolute Gasteiger partial charge is 0.494 e. The van der Waals surface area contributed by atoms with Crippen molar-refractivity contribution in [2.45, 2.75) is 31.2 Å². The van der Waals surface area contributed by atoms with Crippen LogP contribution in [0.15, 0.2) is 12.1 Å². The van der Waals surface area contributed by atoms with E-state index in [0.717, 1.165) is 31.7 Å². The molecule has 1 aromatic carbocycles. The van der Waals surface area contributed by atoms with Crippen LogP contribution in [-0.4, -0.2) is 7.11 Å². The molecule has 1 aromatic rings. The van der Waals surface area contributed by atoms with E-state index in [0.29, 0.717) is 5.56 Å². The number of hydrogen-bond acceptors (Lipinski definition) is 2. The van der Waals surface area contributed by atoms with Crippen LogP contribution in [0.1, 0.15) is 31.2 Å². The normalized spacial score (nSPS) is 18.8. The molecule has 0 heterocycles. The molecule has 0 unspecified atom stereocenters. The van der Waals surface area contributed by atoms with Gasteiger partial charge in [-0.25, -0.2) is 8.78 Å². The first-order valence-corrected chi connectivity index (χ1v) is 5.39. The molecule has 1 saturated carbocycles. The maximum atomic E-state index is 13.7. The van der Waals surface area contributed by atoms with E-state index >= 15 is 0 Å². The third-order valence-electron chi connectivity index (χ3n) is 3.27. The Morgan fingerprint density at radius 2 is 1.81 bits per heavy atom. The Balaban J connectivity index is 2.47. The molecule has 0 spiro atoms. The van der Waals surface area contributed by atoms with Gasteiger partial charge in [-0.15, -0.1) is 0 Å². The molecule has 0 aliphatic heterocycles. The Labute approximate surface area is 93.4 Å². The Morgan fingerprint density at radius 3 is 2.38 bits per heavy atom. The van der Waals surface area contributed by atoms with Crippen LogP contribution < -0.4 is 10.5 Å². The van der Waals surface area contributed by atoms with Crippen LogP contribution in [0.5, 0.6) is 5.75 Å². The summed E-state index contributed by atoms with van der Waals surface area (Å²) in [7, 11) is 1.36. The average Bonchev–Trinajstić information content (AvgIpc) is 2.66. The fourth-order valence-electron chi connectivity index (χ4n) is 2.34. The van der Waals surface area contributed by atoms with Gasteiger partial charge in [-0.2, -0.15) is 0 Å². The van der Waals surface area contributed by atoms with Crippen molar-refractivity contribution in [1.82, 2.24) is 0 Å². The molecule has 2 nitrogen and oxygen atoms in total. The number of ether oxygens (including phenoxy) is 1. The molecule has 0 saturated heterocycles. The van der Waals surface area contributed by atoms with Crippen LogP contribution in [-0.2, 0) is 5.54 Å². The van der Waals surface area contributed by atoms with E-state index in [9.17, 15) is 8.78 Å². The van der Waals surface area contributed by atoms with Crippen molar-refractivity contribution in [3.05, 3.63) is 29.3 Å². The van der Waals surface area contributed by atoms with E-state index in [-0.39, 0.29) is 5.75 Å². The van der Waals surface area contributed by atoms with Crippen LogP contribution in [0.2, 0.25) is 0 Å². The van der Waals surface area contributed by atoms with E-state index in [1.807, 2.05) is 0 Å². The molecule has 2 rings (SSSR count). The van der Waals surface area contributed by atoms with Gasteiger partial charge in [-0.05, 0) is 18.9 Å². The van der Waals surface area contributed by atoms with Crippen molar-refractivity contribution >= 4 is 0 Å². The van der Waals surface area contributed by atoms with Crippen LogP contribution >= 0.6 is 0 Å². The highest BCUT2D eigenvalue weighted by molar-refractivity contribution is 5.36. The average molecular weight is 227 g/mol. The third-order valence-corrected chi connectivity index (χ3v) is 3.27. The number of nitrogens with two attached hydrogens (primary N) is 1. The van der Waals surface area contributed by atoms with E-state index in [1.165, 1.54) is 13.2 Å². The van der Waals surface area contributed by atoms with Crippen molar-refractivity contribution in [2.75, 3.05) is 7.11 Å². The number of rotatable bonds is 2. The zero-order valence-electron chi connectivity index (χ0n) is 9.22. The first-order chi connectivity index (χ1) is 7.57. The molecular weight excluding hydrogens is 212 g/mol. The molecule has 0 amide bonds. The summed E-state index contributed by atoms with van der Waals surface area (Å²) in [5.41, 5.74) is 5.84. The Kier molecular flexibility index (Phi) is 2.84. The minimum Gasteiger partial charge on any atom is -0.494 e. The lowest BCUT2D eigenvalue weighted by Gasteiger charge is -2.25. The minimum atomic E-state index is -0.689. The van der Waals surface area contributed by atoms with E-state index in [2.05, 4.69) is 0 Å². The highest BCUT2D eigenvalue weighted by atomic mass is 19.1. The van der Waals surface area contributed by atoms with Gasteiger partial charge in [0.2, 0.25) is 0 Å². The topological polar surface area (TPSA) is 35.2 Å². The fraction of sp³-hybridized carbons (Fsp3) is 0.500. The molecule has 0 bridgehead atoms. The van der Waals surface area contributed by atoms with Gasteiger partial charge in [-0.3, -0.25) is 0 Å². The molecule has 2 N–H and O–H groups in total. The van der Waals surface area contributed by atoms with Gasteiger partial charge < -0.3 is 10.5 Å². The molecule has 0 radical (unpaired) electrons. The number of methoxy groups -OCH3 is 1. The maximum absolute atomic E-state index is 13.7. The maximum Gasteiger partial charge on any atom is 0.167 e. The molecule has 16 heavy (non-hydrogen) atoms. The molecule has 1 aliphatic rings. The highest BCUT2D eigenvalue weighted by Gasteiger charge is 2.34. The summed E-state index contributed by atoms with van der Waals surface area (Å²) in [6.07, 6.45) is 3.43. The van der Waals surface area contributed by atoms with Crippen molar-refractivity contribution in [3.8, 4) is 5.75 Å². The van der Waals surface area contributed by atoms with Crippen molar-refractivity contribution in [2.24, 2.45) is 5.73 Å². The second-order valence-corrected chi connectivity index (χ2v) is 4.33. The second kappa shape index (κ2) is 4.01. The predicted molar refractivity (Wildman–Crippen MR) is 57.2 cm³/mol. The van der Waals surface area contributed by atoms with Crippen molar-refractivity contribution in [1.29, 1.82) is 0 Å². The molecule has 88 valence electrons. The summed E-state index contributed by atoms with van der Waals surface area (Å²) in [6.45, 7) is 0. The zero-order chi connectivity index (χ0) is 11.8. The summed E-state index contributed by atoms with van der Waals surface area (Å²) < 4.78 is 31.8. The quantitative estimate of drug-likeness (QED) is 0.843. The standard InChI is InChI=1S/C12H15F2NO/c1-16-11-6-8(9(13)7-10(11)14)12(15)4-2-3-5-12/h6-7H,2-5,15H2,1H3. The van der Waals surface area contributed by atoms with Gasteiger partial charge in [-0.1, -0.05) is 12.8 Å². The van der Waals surface area contributed by atoms with E-state index in [4.69, 9.17) is 10.5 Å². The lowest BCUT2D eigenvalue weighted by Crippen LogP contribution is -2.34. The fourth-order valence-corrected chi connectivity index (χ4v) is 2.34. The smallest absolute Gasteiger partial charge is 0.167 e. The lowest BCUT2D eigenvalue weighted by molar-refractivity contribution is 0.373. The van der Waals surface area contributed by atoms with Gasteiger partial charge in [0.15, 0.2) is 11.6 Å². The van der Waals surface area contributed by atoms with E-state index in [1.54, 1.807) is 0 Å². The Hall–Kier alpha value is -1.16. The summed E-state index contributed by atoms with van der Waals surface area (Å²) in [5.74, 6) is -1.22. The minimum absolute atomic E-state index is 0.0492. The molecule has 0 aromatic heterocycles. The number of benzene rings is 1. The number of hydrogen-bond donors (Lipinski definition) is 1. The van der Waals surface area contributed by atoms with Gasteiger partial charge in [0.1, 0.15) is 5.82 Å². The highest BCUT2D eigenvalue weighted by Crippen LogP contribution is 2.39. The van der Waals surface area contributed by atoms with Crippen LogP contribution in [0.3, 0.4) is 0 Å². The van der Waals surface area contributed by atoms with Gasteiger partial charge in [0.05, 0.1) is 7.11 Å². The van der Waals surface area contributed by atoms with E-state index < -0.39 is 17.2 Å². The van der Waals surface area contributed by atoms with Gasteiger partial charge >= 0.3 is 0 Å². The van der Waals surface area contributed by atoms with Crippen molar-refractivity contribution in [3.63, 3.8) is 0 Å². The first-order valence-electron chi connectivity index (χ1n) is 5.39. The monoisotopic (exact) mass is 227 g/mol. The summed E-state index contributed by atoms with van der Waals surface area (Å²) in [6, 6.07) is 2.23. The molecule has 4 heteroatoms. The summed E-state index contributed by atoms with van der Waals surface area (Å²) in [4.78, 5) is 0. The SMILES string of the molecule is COc1cc(C2(N)CCCC2)c(F)cc1F. The van der Waals surface area contributed by atoms with Gasteiger partial charge in [0, 0.05) is 17.2 Å². The molecule has 0 atom stereocenters. The summed E-state index contributed by atoms with van der Waals surface area (Å²) in [5, 5.41) is 0. The molecule has 1 aliphatic carbocycles. The zero-order valence-corrected chi connectivity index (χ0v) is 9.22. The van der Waals surface area contributed by atoms with Crippen LogP contribution in [0.25, 0.3) is 0 Å². The predicted octanol–water partition coefficient (Wildman–Crippen LogP) is 2.70. The number of halogens is 2. The Morgan fingerprint density at radius 1 is 1.19 bits per heavy atom. The van der Waals surface area contributed by atoms with Crippen LogP contribution in [0, 0.1) is 11.6 Å². The molecular formula is C12H15F2NO. The summed E-state index contributed by atoms with van der Waals surface area (Å²) >= 11 is 0. The second-order valence-electron chi connectivity index (χ2n) is 4.33. The first kappa shape index (κ1) is 11.3.